The van der Waals surface area contributed by atoms with E-state index in [1.807, 2.05) is 20.8 Å². The summed E-state index contributed by atoms with van der Waals surface area (Å²) < 4.78 is 41.4. The third kappa shape index (κ3) is 5.28. The largest absolute Gasteiger partial charge is 0.347 e. The Hall–Kier alpha value is -1.03. The monoisotopic (exact) mass is 398 g/mol. The molecule has 0 aromatic heterocycles. The molecule has 0 radical (unpaired) electrons. The molecule has 4 rings (SSSR count). The van der Waals surface area contributed by atoms with E-state index in [2.05, 4.69) is 10.2 Å². The predicted molar refractivity (Wildman–Crippen MR) is 102 cm³/mol. The second kappa shape index (κ2) is 7.77. The van der Waals surface area contributed by atoms with Gasteiger partial charge in [-0.1, -0.05) is 17.7 Å². The van der Waals surface area contributed by atoms with Gasteiger partial charge in [-0.15, -0.1) is 0 Å². The topological polar surface area (TPSA) is 88.1 Å². The normalized spacial score (nSPS) is 24.9. The average Bonchev–Trinajstić information content (AvgIpc) is 2.83. The molecule has 152 valence electrons. The standard InChI is InChI=1S/C12H22N2O2.C7H8O3S/c1-11(2)15-9-12(16-11)3-5-14(6-4-12)10-7-13-8-10;1-6-2-4-7(5-3-6)11(8,9)10/h10,13H,3-9H2,1-2H3;2-5H,1H3,(H,8,9,10). The highest BCUT2D eigenvalue weighted by atomic mass is 32.2. The van der Waals surface area contributed by atoms with Crippen LogP contribution in [0.2, 0.25) is 0 Å². The first kappa shape index (κ1) is 20.7. The zero-order valence-corrected chi connectivity index (χ0v) is 17.1. The number of rotatable bonds is 2. The van der Waals surface area contributed by atoms with E-state index >= 15 is 0 Å². The van der Waals surface area contributed by atoms with Gasteiger partial charge in [0.2, 0.25) is 0 Å². The molecule has 27 heavy (non-hydrogen) atoms. The summed E-state index contributed by atoms with van der Waals surface area (Å²) in [5.74, 6) is -0.375. The number of nitrogens with one attached hydrogen (secondary N) is 1. The lowest BCUT2D eigenvalue weighted by Gasteiger charge is -2.45. The fraction of sp³-hybridized carbons (Fsp3) is 0.684. The van der Waals surface area contributed by atoms with Crippen molar-refractivity contribution in [3.05, 3.63) is 29.8 Å². The molecule has 0 atom stereocenters. The van der Waals surface area contributed by atoms with E-state index in [-0.39, 0.29) is 16.3 Å². The second-order valence-corrected chi connectivity index (χ2v) is 9.53. The highest BCUT2D eigenvalue weighted by molar-refractivity contribution is 7.85. The maximum atomic E-state index is 10.5. The molecular formula is C19H30N2O5S. The summed E-state index contributed by atoms with van der Waals surface area (Å²) in [4.78, 5) is 2.53. The Bertz CT molecular complexity index is 736. The molecule has 0 unspecified atom stereocenters. The zero-order chi connectivity index (χ0) is 19.7. The minimum atomic E-state index is -4.02. The molecule has 8 heteroatoms. The van der Waals surface area contributed by atoms with Crippen molar-refractivity contribution in [1.29, 1.82) is 0 Å². The van der Waals surface area contributed by atoms with Crippen molar-refractivity contribution in [3.8, 4) is 0 Å². The maximum Gasteiger partial charge on any atom is 0.294 e. The SMILES string of the molecule is CC1(C)OCC2(CCN(C3CNC3)CC2)O1.Cc1ccc(S(=O)(=O)O)cc1. The molecule has 7 nitrogen and oxygen atoms in total. The number of ether oxygens (including phenoxy) is 2. The van der Waals surface area contributed by atoms with Crippen LogP contribution in [0.5, 0.6) is 0 Å². The number of aryl methyl sites for hydroxylation is 1. The third-order valence-electron chi connectivity index (χ3n) is 5.45. The number of piperidine rings is 1. The van der Waals surface area contributed by atoms with Crippen LogP contribution >= 0.6 is 0 Å². The predicted octanol–water partition coefficient (Wildman–Crippen LogP) is 1.82. The van der Waals surface area contributed by atoms with Crippen molar-refractivity contribution in [3.63, 3.8) is 0 Å². The quantitative estimate of drug-likeness (QED) is 0.735. The Morgan fingerprint density at radius 3 is 2.15 bits per heavy atom. The maximum absolute atomic E-state index is 10.5. The van der Waals surface area contributed by atoms with Gasteiger partial charge < -0.3 is 14.8 Å². The third-order valence-corrected chi connectivity index (χ3v) is 6.32. The van der Waals surface area contributed by atoms with Gasteiger partial charge in [0.25, 0.3) is 10.1 Å². The molecule has 0 amide bonds. The van der Waals surface area contributed by atoms with Crippen molar-refractivity contribution in [1.82, 2.24) is 10.2 Å². The Labute approximate surface area is 161 Å². The molecule has 3 heterocycles. The number of nitrogens with zero attached hydrogens (tertiary/aromatic N) is 1. The van der Waals surface area contributed by atoms with Crippen LogP contribution in [0.25, 0.3) is 0 Å². The summed E-state index contributed by atoms with van der Waals surface area (Å²) in [6.07, 6.45) is 2.24. The number of likely N-dealkylation sites (tertiary alicyclic amines) is 1. The van der Waals surface area contributed by atoms with Crippen molar-refractivity contribution in [2.45, 2.75) is 55.9 Å². The summed E-state index contributed by atoms with van der Waals surface area (Å²) in [6, 6.07) is 6.76. The fourth-order valence-electron chi connectivity index (χ4n) is 3.67. The number of hydrogen-bond donors (Lipinski definition) is 2. The molecule has 0 aliphatic carbocycles. The van der Waals surface area contributed by atoms with Gasteiger partial charge in [-0.25, -0.2) is 0 Å². The van der Waals surface area contributed by atoms with Gasteiger partial charge in [-0.3, -0.25) is 9.45 Å². The van der Waals surface area contributed by atoms with Crippen LogP contribution in [0.4, 0.5) is 0 Å². The van der Waals surface area contributed by atoms with Crippen molar-refractivity contribution in [2.75, 3.05) is 32.8 Å². The van der Waals surface area contributed by atoms with Gasteiger partial charge in [0, 0.05) is 32.2 Å². The molecule has 2 N–H and O–H groups in total. The molecule has 0 saturated carbocycles. The van der Waals surface area contributed by atoms with Gasteiger partial charge >= 0.3 is 0 Å². The van der Waals surface area contributed by atoms with Crippen molar-refractivity contribution in [2.24, 2.45) is 0 Å². The first-order valence-electron chi connectivity index (χ1n) is 9.42. The summed E-state index contributed by atoms with van der Waals surface area (Å²) in [5, 5.41) is 3.34. The zero-order valence-electron chi connectivity index (χ0n) is 16.3. The Kier molecular flexibility index (Phi) is 5.96. The summed E-state index contributed by atoms with van der Waals surface area (Å²) in [7, 11) is -4.02. The Morgan fingerprint density at radius 1 is 1.15 bits per heavy atom. The summed E-state index contributed by atoms with van der Waals surface area (Å²) in [5.41, 5.74) is 0.967. The minimum absolute atomic E-state index is 0.0111. The molecule has 0 bridgehead atoms. The fourth-order valence-corrected chi connectivity index (χ4v) is 4.15. The van der Waals surface area contributed by atoms with Crippen LogP contribution in [0.3, 0.4) is 0 Å². The minimum Gasteiger partial charge on any atom is -0.347 e. The van der Waals surface area contributed by atoms with Gasteiger partial charge in [0.05, 0.1) is 17.1 Å². The van der Waals surface area contributed by atoms with Gasteiger partial charge in [-0.2, -0.15) is 8.42 Å². The number of benzene rings is 1. The van der Waals surface area contributed by atoms with E-state index < -0.39 is 10.1 Å². The molecule has 3 aliphatic rings. The molecule has 1 aromatic rings. The van der Waals surface area contributed by atoms with Gasteiger partial charge in [0.1, 0.15) is 0 Å². The van der Waals surface area contributed by atoms with E-state index in [1.54, 1.807) is 12.1 Å². The molecule has 1 aromatic carbocycles. The lowest BCUT2D eigenvalue weighted by molar-refractivity contribution is -0.171. The van der Waals surface area contributed by atoms with Crippen LogP contribution < -0.4 is 5.32 Å². The van der Waals surface area contributed by atoms with Crippen LogP contribution in [0, 0.1) is 6.92 Å². The number of hydrogen-bond acceptors (Lipinski definition) is 6. The smallest absolute Gasteiger partial charge is 0.294 e. The first-order valence-corrected chi connectivity index (χ1v) is 10.9. The lowest BCUT2D eigenvalue weighted by atomic mass is 9.91. The van der Waals surface area contributed by atoms with E-state index in [0.717, 1.165) is 57.2 Å². The van der Waals surface area contributed by atoms with Crippen LogP contribution in [0.15, 0.2) is 29.2 Å². The van der Waals surface area contributed by atoms with E-state index in [0.29, 0.717) is 0 Å². The van der Waals surface area contributed by atoms with E-state index in [9.17, 15) is 8.42 Å². The first-order chi connectivity index (χ1) is 12.6. The highest BCUT2D eigenvalue weighted by Gasteiger charge is 2.47. The van der Waals surface area contributed by atoms with E-state index in [1.165, 1.54) is 12.1 Å². The second-order valence-electron chi connectivity index (χ2n) is 8.11. The molecule has 3 aliphatic heterocycles. The Balaban J connectivity index is 0.000000168. The summed E-state index contributed by atoms with van der Waals surface area (Å²) in [6.45, 7) is 11.3. The average molecular weight is 399 g/mol. The van der Waals surface area contributed by atoms with Gasteiger partial charge in [-0.05, 0) is 45.7 Å². The van der Waals surface area contributed by atoms with Crippen LogP contribution in [0.1, 0.15) is 32.3 Å². The van der Waals surface area contributed by atoms with Crippen LogP contribution in [-0.4, -0.2) is 68.1 Å². The van der Waals surface area contributed by atoms with Crippen molar-refractivity contribution >= 4 is 10.1 Å². The van der Waals surface area contributed by atoms with Crippen molar-refractivity contribution < 1.29 is 22.4 Å². The summed E-state index contributed by atoms with van der Waals surface area (Å²) >= 11 is 0. The Morgan fingerprint density at radius 2 is 1.74 bits per heavy atom. The molecule has 3 fully saturated rings. The lowest BCUT2D eigenvalue weighted by Crippen LogP contribution is -2.60. The molecule has 1 spiro atoms. The van der Waals surface area contributed by atoms with Gasteiger partial charge in [0.15, 0.2) is 5.79 Å². The van der Waals surface area contributed by atoms with Crippen LogP contribution in [-0.2, 0) is 19.6 Å². The molecular weight excluding hydrogens is 368 g/mol. The van der Waals surface area contributed by atoms with E-state index in [4.69, 9.17) is 14.0 Å². The molecule has 3 saturated heterocycles. The highest BCUT2D eigenvalue weighted by Crippen LogP contribution is 2.38.